The predicted molar refractivity (Wildman–Crippen MR) is 117 cm³/mol. The Morgan fingerprint density at radius 3 is 1.97 bits per heavy atom. The minimum absolute atomic E-state index is 0.357. The summed E-state index contributed by atoms with van der Waals surface area (Å²) in [5.74, 6) is -2.82. The SMILES string of the molecule is CC(=O)OCC1O[C@@H](O[C@@H]2CCCC(N=[N+]=[N-])C2OC(C)=O)[C@@H](OC(C)=O)C(N=[N+]=[N-])[C@H]1OC(C)=O. The molecule has 2 aliphatic rings. The van der Waals surface area contributed by atoms with Gasteiger partial charge in [0.2, 0.25) is 0 Å². The Kier molecular flexibility index (Phi) is 10.7. The van der Waals surface area contributed by atoms with E-state index in [0.717, 1.165) is 20.8 Å². The van der Waals surface area contributed by atoms with Crippen molar-refractivity contribution in [2.24, 2.45) is 10.2 Å². The molecule has 2 rings (SSSR count). The van der Waals surface area contributed by atoms with Gasteiger partial charge in [0.05, 0.1) is 12.1 Å². The maximum Gasteiger partial charge on any atom is 0.303 e. The van der Waals surface area contributed by atoms with Crippen LogP contribution in [0.4, 0.5) is 0 Å². The molecule has 1 aliphatic heterocycles. The van der Waals surface area contributed by atoms with Crippen molar-refractivity contribution in [3.05, 3.63) is 20.9 Å². The predicted octanol–water partition coefficient (Wildman–Crippen LogP) is 2.00. The first kappa shape index (κ1) is 28.7. The first-order valence-corrected chi connectivity index (χ1v) is 11.1. The fraction of sp³-hybridized carbons (Fsp3) is 0.800. The normalized spacial score (nSPS) is 31.6. The summed E-state index contributed by atoms with van der Waals surface area (Å²) in [6.07, 6.45) is -5.80. The van der Waals surface area contributed by atoms with Crippen molar-refractivity contribution in [2.75, 3.05) is 6.61 Å². The summed E-state index contributed by atoms with van der Waals surface area (Å²) in [6.45, 7) is 4.16. The third kappa shape index (κ3) is 7.99. The highest BCUT2D eigenvalue weighted by molar-refractivity contribution is 5.67. The number of rotatable bonds is 9. The number of hydrogen-bond acceptors (Lipinski definition) is 12. The summed E-state index contributed by atoms with van der Waals surface area (Å²) < 4.78 is 33.0. The van der Waals surface area contributed by atoms with E-state index in [1.807, 2.05) is 0 Å². The number of carbonyl (C=O) groups excluding carboxylic acids is 4. The fourth-order valence-electron chi connectivity index (χ4n) is 4.14. The van der Waals surface area contributed by atoms with E-state index in [4.69, 9.17) is 34.0 Å². The molecule has 0 aromatic heterocycles. The summed E-state index contributed by atoms with van der Waals surface area (Å²) in [4.78, 5) is 52.4. The van der Waals surface area contributed by atoms with E-state index in [9.17, 15) is 24.7 Å². The van der Waals surface area contributed by atoms with Crippen LogP contribution in [0, 0.1) is 0 Å². The molecule has 0 aromatic rings. The number of hydrogen-bond donors (Lipinski definition) is 0. The topological polar surface area (TPSA) is 221 Å². The van der Waals surface area contributed by atoms with Crippen LogP contribution >= 0.6 is 0 Å². The van der Waals surface area contributed by atoms with Crippen LogP contribution in [0.25, 0.3) is 20.9 Å². The summed E-state index contributed by atoms with van der Waals surface area (Å²) in [6, 6.07) is -2.06. The van der Waals surface area contributed by atoms with Crippen LogP contribution in [0.3, 0.4) is 0 Å². The van der Waals surface area contributed by atoms with Crippen molar-refractivity contribution in [1.82, 2.24) is 0 Å². The zero-order chi connectivity index (χ0) is 26.8. The molecule has 2 fully saturated rings. The number of carbonyl (C=O) groups is 4. The van der Waals surface area contributed by atoms with Crippen molar-refractivity contribution in [1.29, 1.82) is 0 Å². The Hall–Kier alpha value is -3.58. The maximum atomic E-state index is 11.9. The summed E-state index contributed by atoms with van der Waals surface area (Å²) in [7, 11) is 0. The molecule has 1 saturated carbocycles. The summed E-state index contributed by atoms with van der Waals surface area (Å²) >= 11 is 0. The van der Waals surface area contributed by atoms with Gasteiger partial charge in [-0.15, -0.1) is 0 Å². The van der Waals surface area contributed by atoms with Crippen molar-refractivity contribution in [2.45, 2.75) is 95.9 Å². The van der Waals surface area contributed by atoms with Crippen LogP contribution < -0.4 is 0 Å². The average molecular weight is 512 g/mol. The van der Waals surface area contributed by atoms with E-state index >= 15 is 0 Å². The van der Waals surface area contributed by atoms with Crippen LogP contribution in [-0.4, -0.2) is 79.4 Å². The molecule has 16 nitrogen and oxygen atoms in total. The monoisotopic (exact) mass is 512 g/mol. The highest BCUT2D eigenvalue weighted by atomic mass is 16.7. The number of esters is 4. The second-order valence-electron chi connectivity index (χ2n) is 8.14. The van der Waals surface area contributed by atoms with E-state index in [-0.39, 0.29) is 0 Å². The van der Waals surface area contributed by atoms with Gasteiger partial charge in [0, 0.05) is 37.5 Å². The van der Waals surface area contributed by atoms with E-state index < -0.39 is 79.4 Å². The Labute approximate surface area is 205 Å². The maximum absolute atomic E-state index is 11.9. The lowest BCUT2D eigenvalue weighted by atomic mass is 9.89. The smallest absolute Gasteiger partial charge is 0.303 e. The highest BCUT2D eigenvalue weighted by Gasteiger charge is 2.52. The molecule has 0 aromatic carbocycles. The molecule has 0 N–H and O–H groups in total. The Morgan fingerprint density at radius 1 is 0.833 bits per heavy atom. The minimum Gasteiger partial charge on any atom is -0.463 e. The molecule has 0 radical (unpaired) electrons. The quantitative estimate of drug-likeness (QED) is 0.144. The highest BCUT2D eigenvalue weighted by Crippen LogP contribution is 2.34. The van der Waals surface area contributed by atoms with Gasteiger partial charge in [-0.3, -0.25) is 19.2 Å². The lowest BCUT2D eigenvalue weighted by molar-refractivity contribution is -0.303. The lowest BCUT2D eigenvalue weighted by Gasteiger charge is -2.45. The van der Waals surface area contributed by atoms with Crippen molar-refractivity contribution >= 4 is 23.9 Å². The summed E-state index contributed by atoms with van der Waals surface area (Å²) in [5.41, 5.74) is 18.1. The molecule has 4 unspecified atom stereocenters. The molecule has 0 spiro atoms. The van der Waals surface area contributed by atoms with Gasteiger partial charge < -0.3 is 28.4 Å². The number of nitrogens with zero attached hydrogens (tertiary/aromatic N) is 6. The average Bonchev–Trinajstić information content (AvgIpc) is 2.77. The van der Waals surface area contributed by atoms with Crippen molar-refractivity contribution < 1.29 is 47.6 Å². The Bertz CT molecular complexity index is 934. The standard InChI is InChI=1S/C20H28N6O10/c1-9(27)31-8-15-18(33-11(3)29)16(24-26-22)19(34-12(4)30)20(36-15)35-14-7-5-6-13(23-25-21)17(14)32-10(2)28/h13-20H,5-8H2,1-4H3/t13?,14-,15?,16?,17?,18+,19+,20-/m1/s1. The molecule has 1 saturated heterocycles. The summed E-state index contributed by atoms with van der Waals surface area (Å²) in [5, 5.41) is 7.36. The molecule has 1 heterocycles. The number of azide groups is 2. The molecule has 1 aliphatic carbocycles. The van der Waals surface area contributed by atoms with E-state index in [0.29, 0.717) is 19.3 Å². The van der Waals surface area contributed by atoms with Gasteiger partial charge in [0.1, 0.15) is 31.0 Å². The third-order valence-corrected chi connectivity index (χ3v) is 5.40. The van der Waals surface area contributed by atoms with E-state index in [2.05, 4.69) is 20.1 Å². The van der Waals surface area contributed by atoms with E-state index in [1.165, 1.54) is 6.92 Å². The van der Waals surface area contributed by atoms with Gasteiger partial charge in [0.25, 0.3) is 0 Å². The molecule has 16 heteroatoms. The van der Waals surface area contributed by atoms with Crippen LogP contribution in [0.5, 0.6) is 0 Å². The second-order valence-corrected chi connectivity index (χ2v) is 8.14. The molecular weight excluding hydrogens is 484 g/mol. The largest absolute Gasteiger partial charge is 0.463 e. The molecule has 8 atom stereocenters. The van der Waals surface area contributed by atoms with Gasteiger partial charge in [-0.25, -0.2) is 0 Å². The van der Waals surface area contributed by atoms with Gasteiger partial charge >= 0.3 is 23.9 Å². The zero-order valence-corrected chi connectivity index (χ0v) is 20.2. The van der Waals surface area contributed by atoms with Gasteiger partial charge in [0.15, 0.2) is 12.4 Å². The fourth-order valence-corrected chi connectivity index (χ4v) is 4.14. The first-order valence-electron chi connectivity index (χ1n) is 11.1. The molecule has 36 heavy (non-hydrogen) atoms. The molecule has 0 bridgehead atoms. The lowest BCUT2D eigenvalue weighted by Crippen LogP contribution is -2.62. The zero-order valence-electron chi connectivity index (χ0n) is 20.2. The van der Waals surface area contributed by atoms with Gasteiger partial charge in [-0.05, 0) is 23.9 Å². The van der Waals surface area contributed by atoms with Crippen LogP contribution in [0.2, 0.25) is 0 Å². The molecular formula is C20H28N6O10. The first-order chi connectivity index (χ1) is 17.1. The van der Waals surface area contributed by atoms with Crippen LogP contribution in [0.15, 0.2) is 10.2 Å². The number of ether oxygens (including phenoxy) is 6. The molecule has 0 amide bonds. The van der Waals surface area contributed by atoms with Crippen molar-refractivity contribution in [3.8, 4) is 0 Å². The third-order valence-electron chi connectivity index (χ3n) is 5.40. The molecule has 198 valence electrons. The Morgan fingerprint density at radius 2 is 1.42 bits per heavy atom. The van der Waals surface area contributed by atoms with Gasteiger partial charge in [-0.1, -0.05) is 16.6 Å². The van der Waals surface area contributed by atoms with Crippen LogP contribution in [0.1, 0.15) is 47.0 Å². The minimum atomic E-state index is -1.43. The van der Waals surface area contributed by atoms with E-state index in [1.54, 1.807) is 0 Å². The van der Waals surface area contributed by atoms with Crippen LogP contribution in [-0.2, 0) is 47.6 Å². The van der Waals surface area contributed by atoms with Gasteiger partial charge in [-0.2, -0.15) is 0 Å². The second kappa shape index (κ2) is 13.5. The Balaban J connectivity index is 2.46. The van der Waals surface area contributed by atoms with Crippen molar-refractivity contribution in [3.63, 3.8) is 0 Å².